The Labute approximate surface area is 164 Å². The van der Waals surface area contributed by atoms with Crippen LogP contribution in [0.25, 0.3) is 0 Å². The van der Waals surface area contributed by atoms with E-state index in [1.54, 1.807) is 0 Å². The predicted octanol–water partition coefficient (Wildman–Crippen LogP) is 4.83. The Hall–Kier alpha value is -1.16. The van der Waals surface area contributed by atoms with Crippen molar-refractivity contribution < 1.29 is 14.9 Å². The summed E-state index contributed by atoms with van der Waals surface area (Å²) in [6.45, 7) is 2.28. The van der Waals surface area contributed by atoms with Gasteiger partial charge >= 0.3 is 0 Å². The van der Waals surface area contributed by atoms with Crippen LogP contribution in [0.3, 0.4) is 0 Å². The van der Waals surface area contributed by atoms with Crippen LogP contribution >= 0.6 is 0 Å². The first kappa shape index (κ1) is 20.6. The highest BCUT2D eigenvalue weighted by Crippen LogP contribution is 2.48. The van der Waals surface area contributed by atoms with Crippen molar-refractivity contribution in [2.24, 2.45) is 11.8 Å². The number of ether oxygens (including phenoxy) is 1. The summed E-state index contributed by atoms with van der Waals surface area (Å²) in [5.41, 5.74) is 1.22. The number of unbranched alkanes of at least 4 members (excludes halogenated alkanes) is 2. The van der Waals surface area contributed by atoms with Crippen molar-refractivity contribution in [2.45, 2.75) is 82.5 Å². The van der Waals surface area contributed by atoms with Gasteiger partial charge in [0.2, 0.25) is 0 Å². The number of rotatable bonds is 11. The fourth-order valence-corrected chi connectivity index (χ4v) is 5.10. The van der Waals surface area contributed by atoms with Crippen LogP contribution in [0.5, 0.6) is 0 Å². The van der Waals surface area contributed by atoms with Crippen LogP contribution in [-0.4, -0.2) is 35.1 Å². The van der Waals surface area contributed by atoms with Crippen LogP contribution in [0.4, 0.5) is 0 Å². The maximum absolute atomic E-state index is 10.7. The van der Waals surface area contributed by atoms with E-state index >= 15 is 0 Å². The molecule has 0 amide bonds. The smallest absolute Gasteiger partial charge is 0.0612 e. The minimum Gasteiger partial charge on any atom is -0.393 e. The lowest BCUT2D eigenvalue weighted by Gasteiger charge is -2.29. The summed E-state index contributed by atoms with van der Waals surface area (Å²) in [4.78, 5) is 0. The van der Waals surface area contributed by atoms with Gasteiger partial charge in [0.05, 0.1) is 24.9 Å². The largest absolute Gasteiger partial charge is 0.393 e. The quantitative estimate of drug-likeness (QED) is 0.432. The molecule has 0 aromatic heterocycles. The van der Waals surface area contributed by atoms with Gasteiger partial charge in [-0.1, -0.05) is 55.8 Å². The first-order valence-corrected chi connectivity index (χ1v) is 10.8. The summed E-state index contributed by atoms with van der Waals surface area (Å²) in [5.74, 6) is 1.47. The molecule has 2 bridgehead atoms. The van der Waals surface area contributed by atoms with E-state index < -0.39 is 0 Å². The Morgan fingerprint density at radius 1 is 1.04 bits per heavy atom. The Bertz CT molecular complexity index is 570. The zero-order valence-corrected chi connectivity index (χ0v) is 16.7. The molecule has 2 saturated heterocycles. The Morgan fingerprint density at radius 3 is 2.44 bits per heavy atom. The first-order valence-electron chi connectivity index (χ1n) is 10.8. The molecule has 6 unspecified atom stereocenters. The van der Waals surface area contributed by atoms with Crippen molar-refractivity contribution in [1.29, 1.82) is 0 Å². The zero-order valence-electron chi connectivity index (χ0n) is 16.7. The van der Waals surface area contributed by atoms with Crippen molar-refractivity contribution in [3.63, 3.8) is 0 Å². The Morgan fingerprint density at radius 2 is 1.74 bits per heavy atom. The van der Waals surface area contributed by atoms with Gasteiger partial charge < -0.3 is 14.9 Å². The second-order valence-electron chi connectivity index (χ2n) is 8.40. The molecule has 2 N–H and O–H groups in total. The van der Waals surface area contributed by atoms with Crippen LogP contribution in [-0.2, 0) is 4.74 Å². The molecule has 2 heterocycles. The van der Waals surface area contributed by atoms with Gasteiger partial charge in [-0.15, -0.1) is 0 Å². The lowest BCUT2D eigenvalue weighted by molar-refractivity contribution is 0.0816. The second kappa shape index (κ2) is 10.4. The van der Waals surface area contributed by atoms with E-state index in [0.717, 1.165) is 19.3 Å². The van der Waals surface area contributed by atoms with Crippen molar-refractivity contribution in [3.8, 4) is 0 Å². The molecule has 150 valence electrons. The molecule has 3 rings (SSSR count). The van der Waals surface area contributed by atoms with Gasteiger partial charge in [-0.25, -0.2) is 0 Å². The van der Waals surface area contributed by atoms with Crippen LogP contribution in [0.2, 0.25) is 0 Å². The molecule has 2 aliphatic rings. The SMILES string of the molecule is CC(c1ccccc1)C(O)CCC1C2CCC(O2)C1CCCCC=CCO. The number of aliphatic hydroxyl groups is 2. The van der Waals surface area contributed by atoms with Crippen molar-refractivity contribution in [1.82, 2.24) is 0 Å². The van der Waals surface area contributed by atoms with E-state index in [0.29, 0.717) is 24.0 Å². The normalized spacial score (nSPS) is 29.4. The minimum atomic E-state index is -0.282. The summed E-state index contributed by atoms with van der Waals surface area (Å²) in [5, 5.41) is 19.5. The predicted molar refractivity (Wildman–Crippen MR) is 110 cm³/mol. The van der Waals surface area contributed by atoms with Gasteiger partial charge in [0.25, 0.3) is 0 Å². The van der Waals surface area contributed by atoms with Gasteiger partial charge in [0.1, 0.15) is 0 Å². The fraction of sp³-hybridized carbons (Fsp3) is 0.667. The molecular weight excluding hydrogens is 336 g/mol. The molecule has 1 aromatic carbocycles. The van der Waals surface area contributed by atoms with Gasteiger partial charge in [-0.2, -0.15) is 0 Å². The van der Waals surface area contributed by atoms with E-state index in [1.165, 1.54) is 37.7 Å². The molecular formula is C24H36O3. The standard InChI is InChI=1S/C24H36O3/c1-18(19-10-6-5-7-11-19)22(26)14-13-21-20(23-15-16-24(21)27-23)12-8-3-2-4-9-17-25/h4-7,9-11,18,20-26H,2-3,8,12-17H2,1H3. The highest BCUT2D eigenvalue weighted by molar-refractivity contribution is 5.19. The maximum atomic E-state index is 10.7. The number of benzene rings is 1. The third-order valence-corrected chi connectivity index (χ3v) is 6.72. The summed E-state index contributed by atoms with van der Waals surface area (Å²) in [6, 6.07) is 10.4. The molecule has 0 radical (unpaired) electrons. The number of fused-ring (bicyclic) bond motifs is 2. The molecule has 27 heavy (non-hydrogen) atoms. The van der Waals surface area contributed by atoms with E-state index in [1.807, 2.05) is 24.3 Å². The monoisotopic (exact) mass is 372 g/mol. The van der Waals surface area contributed by atoms with E-state index in [9.17, 15) is 5.11 Å². The first-order chi connectivity index (χ1) is 13.2. The molecule has 0 aliphatic carbocycles. The van der Waals surface area contributed by atoms with E-state index in [4.69, 9.17) is 9.84 Å². The average molecular weight is 373 g/mol. The summed E-state index contributed by atoms with van der Waals surface area (Å²) in [6.07, 6.45) is 13.6. The average Bonchev–Trinajstić information content (AvgIpc) is 3.30. The lowest BCUT2D eigenvalue weighted by atomic mass is 9.74. The minimum absolute atomic E-state index is 0.145. The van der Waals surface area contributed by atoms with Gasteiger partial charge in [-0.3, -0.25) is 0 Å². The van der Waals surface area contributed by atoms with Gasteiger partial charge in [0.15, 0.2) is 0 Å². The Balaban J connectivity index is 1.46. The molecule has 6 atom stereocenters. The molecule has 2 fully saturated rings. The van der Waals surface area contributed by atoms with Crippen LogP contribution in [0.15, 0.2) is 42.5 Å². The van der Waals surface area contributed by atoms with Crippen LogP contribution in [0, 0.1) is 11.8 Å². The number of hydrogen-bond acceptors (Lipinski definition) is 3. The van der Waals surface area contributed by atoms with Gasteiger partial charge in [-0.05, 0) is 62.3 Å². The Kier molecular flexibility index (Phi) is 7.93. The molecule has 0 saturated carbocycles. The van der Waals surface area contributed by atoms with Gasteiger partial charge in [0, 0.05) is 5.92 Å². The third kappa shape index (κ3) is 5.43. The topological polar surface area (TPSA) is 49.7 Å². The fourth-order valence-electron chi connectivity index (χ4n) is 5.10. The zero-order chi connectivity index (χ0) is 19.1. The molecule has 3 heteroatoms. The number of allylic oxidation sites excluding steroid dienone is 1. The van der Waals surface area contributed by atoms with Crippen molar-refractivity contribution in [3.05, 3.63) is 48.0 Å². The van der Waals surface area contributed by atoms with Crippen LogP contribution < -0.4 is 0 Å². The summed E-state index contributed by atoms with van der Waals surface area (Å²) in [7, 11) is 0. The molecule has 2 aliphatic heterocycles. The van der Waals surface area contributed by atoms with Crippen molar-refractivity contribution >= 4 is 0 Å². The second-order valence-corrected chi connectivity index (χ2v) is 8.40. The number of aliphatic hydroxyl groups excluding tert-OH is 2. The van der Waals surface area contributed by atoms with Crippen LogP contribution in [0.1, 0.15) is 69.8 Å². The number of hydrogen-bond donors (Lipinski definition) is 2. The lowest BCUT2D eigenvalue weighted by Crippen LogP contribution is -2.29. The van der Waals surface area contributed by atoms with E-state index in [2.05, 4.69) is 25.1 Å². The summed E-state index contributed by atoms with van der Waals surface area (Å²) >= 11 is 0. The summed E-state index contributed by atoms with van der Waals surface area (Å²) < 4.78 is 6.24. The van der Waals surface area contributed by atoms with Crippen molar-refractivity contribution in [2.75, 3.05) is 6.61 Å². The molecule has 3 nitrogen and oxygen atoms in total. The highest BCUT2D eigenvalue weighted by atomic mass is 16.5. The maximum Gasteiger partial charge on any atom is 0.0612 e. The van der Waals surface area contributed by atoms with E-state index in [-0.39, 0.29) is 18.6 Å². The third-order valence-electron chi connectivity index (χ3n) is 6.72. The highest BCUT2D eigenvalue weighted by Gasteiger charge is 2.47. The molecule has 0 spiro atoms. The molecule has 1 aromatic rings.